The van der Waals surface area contributed by atoms with E-state index in [0.717, 1.165) is 17.2 Å². The first-order valence-corrected chi connectivity index (χ1v) is 10.3. The highest BCUT2D eigenvalue weighted by molar-refractivity contribution is 7.89. The van der Waals surface area contributed by atoms with E-state index in [4.69, 9.17) is 16.3 Å². The fourth-order valence-electron chi connectivity index (χ4n) is 2.26. The van der Waals surface area contributed by atoms with E-state index in [9.17, 15) is 28.1 Å². The average molecular weight is 456 g/mol. The lowest BCUT2D eigenvalue weighted by Gasteiger charge is -2.09. The van der Waals surface area contributed by atoms with Crippen LogP contribution in [0.4, 0.5) is 11.4 Å². The van der Waals surface area contributed by atoms with Crippen molar-refractivity contribution in [3.63, 3.8) is 0 Å². The number of nitro benzene ring substituents is 1. The number of hydrogen-bond donors (Lipinski definition) is 2. The molecule has 1 amide bonds. The highest BCUT2D eigenvalue weighted by atomic mass is 35.5. The first kappa shape index (κ1) is 23.3. The van der Waals surface area contributed by atoms with E-state index >= 15 is 0 Å². The van der Waals surface area contributed by atoms with Gasteiger partial charge in [0.25, 0.3) is 11.6 Å². The maximum Gasteiger partial charge on any atom is 0.321 e. The number of benzene rings is 2. The van der Waals surface area contributed by atoms with Crippen LogP contribution in [-0.4, -0.2) is 38.4 Å². The van der Waals surface area contributed by atoms with Gasteiger partial charge in [0, 0.05) is 11.1 Å². The Hall–Kier alpha value is -3.02. The fraction of sp³-hybridized carbons (Fsp3) is 0.222. The number of nitro groups is 1. The quantitative estimate of drug-likeness (QED) is 0.353. The molecule has 2 N–H and O–H groups in total. The molecular formula is C18H18ClN3O7S. The second-order valence-corrected chi connectivity index (χ2v) is 8.40. The number of amides is 1. The molecule has 0 aliphatic heterocycles. The molecule has 0 atom stereocenters. The van der Waals surface area contributed by atoms with Crippen LogP contribution in [0.15, 0.2) is 41.3 Å². The van der Waals surface area contributed by atoms with Crippen molar-refractivity contribution >= 4 is 44.9 Å². The Balaban J connectivity index is 1.89. The number of aryl methyl sites for hydroxylation is 2. The van der Waals surface area contributed by atoms with Gasteiger partial charge in [0.1, 0.15) is 12.2 Å². The van der Waals surface area contributed by atoms with E-state index in [2.05, 4.69) is 10.0 Å². The summed E-state index contributed by atoms with van der Waals surface area (Å²) >= 11 is 5.69. The molecule has 0 spiro atoms. The molecule has 160 valence electrons. The largest absolute Gasteiger partial charge is 0.455 e. The van der Waals surface area contributed by atoms with Crippen molar-refractivity contribution in [3.05, 3.63) is 62.7 Å². The number of hydrogen-bond acceptors (Lipinski definition) is 7. The van der Waals surface area contributed by atoms with Crippen LogP contribution in [0.5, 0.6) is 0 Å². The number of halogens is 1. The van der Waals surface area contributed by atoms with Crippen molar-refractivity contribution in [2.75, 3.05) is 18.5 Å². The van der Waals surface area contributed by atoms with E-state index in [-0.39, 0.29) is 15.6 Å². The standard InChI is InChI=1S/C18H18ClN3O7S/c1-11-3-5-14(7-12(11)2)30(27,28)20-9-18(24)29-10-17(23)21-15-6-4-13(19)8-16(15)22(25)26/h3-8,20H,9-10H2,1-2H3,(H,21,23). The van der Waals surface area contributed by atoms with Gasteiger partial charge in [-0.3, -0.25) is 19.7 Å². The van der Waals surface area contributed by atoms with Gasteiger partial charge in [-0.2, -0.15) is 4.72 Å². The first-order valence-electron chi connectivity index (χ1n) is 8.46. The third-order valence-corrected chi connectivity index (χ3v) is 5.62. The van der Waals surface area contributed by atoms with E-state index < -0.39 is 45.7 Å². The molecular weight excluding hydrogens is 438 g/mol. The van der Waals surface area contributed by atoms with E-state index in [1.54, 1.807) is 13.0 Å². The van der Waals surface area contributed by atoms with Crippen molar-refractivity contribution in [2.45, 2.75) is 18.7 Å². The number of ether oxygens (including phenoxy) is 1. The summed E-state index contributed by atoms with van der Waals surface area (Å²) in [4.78, 5) is 33.9. The molecule has 0 bridgehead atoms. The van der Waals surface area contributed by atoms with Gasteiger partial charge in [-0.1, -0.05) is 17.7 Å². The molecule has 0 radical (unpaired) electrons. The summed E-state index contributed by atoms with van der Waals surface area (Å²) in [6, 6.07) is 8.15. The summed E-state index contributed by atoms with van der Waals surface area (Å²) in [6.07, 6.45) is 0. The molecule has 0 fully saturated rings. The lowest BCUT2D eigenvalue weighted by Crippen LogP contribution is -2.32. The number of carbonyl (C=O) groups excluding carboxylic acids is 2. The summed E-state index contributed by atoms with van der Waals surface area (Å²) in [5.74, 6) is -1.84. The van der Waals surface area contributed by atoms with E-state index in [0.29, 0.717) is 0 Å². The molecule has 2 aromatic rings. The number of sulfonamides is 1. The van der Waals surface area contributed by atoms with Crippen molar-refractivity contribution in [1.29, 1.82) is 0 Å². The minimum absolute atomic E-state index is 0.00816. The zero-order valence-electron chi connectivity index (χ0n) is 16.0. The SMILES string of the molecule is Cc1ccc(S(=O)(=O)NCC(=O)OCC(=O)Nc2ccc(Cl)cc2[N+](=O)[O-])cc1C. The minimum atomic E-state index is -3.94. The van der Waals surface area contributed by atoms with Gasteiger partial charge in [-0.05, 0) is 49.2 Å². The summed E-state index contributed by atoms with van der Waals surface area (Å²) in [5, 5.41) is 13.3. The molecule has 10 nitrogen and oxygen atoms in total. The zero-order valence-corrected chi connectivity index (χ0v) is 17.5. The molecule has 2 rings (SSSR count). The molecule has 0 saturated heterocycles. The third-order valence-electron chi connectivity index (χ3n) is 3.99. The first-order chi connectivity index (χ1) is 14.0. The molecule has 2 aromatic carbocycles. The smallest absolute Gasteiger partial charge is 0.321 e. The zero-order chi connectivity index (χ0) is 22.5. The summed E-state index contributed by atoms with van der Waals surface area (Å²) in [5.41, 5.74) is 1.14. The highest BCUT2D eigenvalue weighted by Crippen LogP contribution is 2.27. The number of esters is 1. The molecule has 0 aliphatic rings. The number of rotatable bonds is 8. The number of nitrogens with zero attached hydrogens (tertiary/aromatic N) is 1. The maximum atomic E-state index is 12.2. The van der Waals surface area contributed by atoms with E-state index in [1.165, 1.54) is 24.3 Å². The molecule has 12 heteroatoms. The number of anilines is 1. The summed E-state index contributed by atoms with van der Waals surface area (Å²) in [7, 11) is -3.94. The van der Waals surface area contributed by atoms with Crippen LogP contribution in [0.3, 0.4) is 0 Å². The minimum Gasteiger partial charge on any atom is -0.455 e. The Labute approximate surface area is 177 Å². The molecule has 30 heavy (non-hydrogen) atoms. The molecule has 0 unspecified atom stereocenters. The Morgan fingerprint density at radius 2 is 1.83 bits per heavy atom. The maximum absolute atomic E-state index is 12.2. The lowest BCUT2D eigenvalue weighted by atomic mass is 10.1. The van der Waals surface area contributed by atoms with Crippen LogP contribution >= 0.6 is 11.6 Å². The normalized spacial score (nSPS) is 11.0. The monoisotopic (exact) mass is 455 g/mol. The average Bonchev–Trinajstić information content (AvgIpc) is 2.68. The molecule has 0 saturated carbocycles. The Kier molecular flexibility index (Phi) is 7.48. The van der Waals surface area contributed by atoms with Gasteiger partial charge in [-0.15, -0.1) is 0 Å². The van der Waals surface area contributed by atoms with Crippen LogP contribution in [0.25, 0.3) is 0 Å². The van der Waals surface area contributed by atoms with Gasteiger partial charge in [0.05, 0.1) is 9.82 Å². The predicted octanol–water partition coefficient (Wildman–Crippen LogP) is 2.33. The fourth-order valence-corrected chi connectivity index (χ4v) is 3.48. The van der Waals surface area contributed by atoms with Crippen molar-refractivity contribution in [1.82, 2.24) is 4.72 Å². The van der Waals surface area contributed by atoms with Gasteiger partial charge < -0.3 is 10.1 Å². The summed E-state index contributed by atoms with van der Waals surface area (Å²) in [6.45, 7) is 2.14. The Morgan fingerprint density at radius 3 is 2.47 bits per heavy atom. The second kappa shape index (κ2) is 9.65. The highest BCUT2D eigenvalue weighted by Gasteiger charge is 2.19. The second-order valence-electron chi connectivity index (χ2n) is 6.20. The lowest BCUT2D eigenvalue weighted by molar-refractivity contribution is -0.383. The molecule has 0 aromatic heterocycles. The predicted molar refractivity (Wildman–Crippen MR) is 109 cm³/mol. The van der Waals surface area contributed by atoms with Crippen molar-refractivity contribution in [2.24, 2.45) is 0 Å². The van der Waals surface area contributed by atoms with Gasteiger partial charge >= 0.3 is 5.97 Å². The molecule has 0 heterocycles. The van der Waals surface area contributed by atoms with Crippen LogP contribution in [0.2, 0.25) is 5.02 Å². The topological polar surface area (TPSA) is 145 Å². The third kappa shape index (κ3) is 6.24. The molecule has 0 aliphatic carbocycles. The van der Waals surface area contributed by atoms with Crippen LogP contribution in [0.1, 0.15) is 11.1 Å². The summed E-state index contributed by atoms with van der Waals surface area (Å²) < 4.78 is 31.3. The van der Waals surface area contributed by atoms with Crippen LogP contribution in [0, 0.1) is 24.0 Å². The van der Waals surface area contributed by atoms with Crippen molar-refractivity contribution < 1.29 is 27.7 Å². The van der Waals surface area contributed by atoms with Gasteiger partial charge in [-0.25, -0.2) is 8.42 Å². The Morgan fingerprint density at radius 1 is 1.13 bits per heavy atom. The van der Waals surface area contributed by atoms with Crippen LogP contribution in [-0.2, 0) is 24.3 Å². The number of carbonyl (C=O) groups is 2. The van der Waals surface area contributed by atoms with E-state index in [1.807, 2.05) is 6.92 Å². The van der Waals surface area contributed by atoms with Crippen molar-refractivity contribution in [3.8, 4) is 0 Å². The number of nitrogens with one attached hydrogen (secondary N) is 2. The van der Waals surface area contributed by atoms with Gasteiger partial charge in [0.15, 0.2) is 6.61 Å². The van der Waals surface area contributed by atoms with Crippen LogP contribution < -0.4 is 10.0 Å². The Bertz CT molecular complexity index is 1100. The van der Waals surface area contributed by atoms with Gasteiger partial charge in [0.2, 0.25) is 10.0 Å².